The van der Waals surface area contributed by atoms with Crippen molar-refractivity contribution in [1.82, 2.24) is 0 Å². The summed E-state index contributed by atoms with van der Waals surface area (Å²) in [5, 5.41) is 5.10. The number of benzene rings is 7. The average Bonchev–Trinajstić information content (AvgIpc) is 3.44. The Balaban J connectivity index is 1.31. The summed E-state index contributed by atoms with van der Waals surface area (Å²) in [5.41, 5.74) is 8.26. The van der Waals surface area contributed by atoms with Crippen molar-refractivity contribution in [2.24, 2.45) is 0 Å². The van der Waals surface area contributed by atoms with Crippen molar-refractivity contribution >= 4 is 59.3 Å². The van der Waals surface area contributed by atoms with E-state index < -0.39 is 0 Å². The smallest absolute Gasteiger partial charge is 0.0540 e. The Bertz CT molecular complexity index is 2190. The van der Waals surface area contributed by atoms with Gasteiger partial charge in [-0.15, -0.1) is 11.3 Å². The van der Waals surface area contributed by atoms with Crippen LogP contribution in [0.15, 0.2) is 164 Å². The molecule has 0 fully saturated rings. The average molecular weight is 554 g/mol. The molecule has 2 heteroatoms. The molecule has 0 atom stereocenters. The van der Waals surface area contributed by atoms with Crippen molar-refractivity contribution in [2.45, 2.75) is 0 Å². The molecule has 0 aliphatic carbocycles. The maximum Gasteiger partial charge on any atom is 0.0540 e. The van der Waals surface area contributed by atoms with Crippen LogP contribution in [0.3, 0.4) is 0 Å². The molecule has 0 radical (unpaired) electrons. The maximum atomic E-state index is 2.40. The lowest BCUT2D eigenvalue weighted by Gasteiger charge is -2.28. The van der Waals surface area contributed by atoms with Crippen LogP contribution < -0.4 is 4.90 Å². The molecular weight excluding hydrogens is 527 g/mol. The third kappa shape index (κ3) is 4.34. The highest BCUT2D eigenvalue weighted by Gasteiger charge is 2.18. The first-order chi connectivity index (χ1) is 20.8. The topological polar surface area (TPSA) is 3.24 Å². The number of thiophene rings is 1. The summed E-state index contributed by atoms with van der Waals surface area (Å²) in [7, 11) is 0. The zero-order valence-corrected chi connectivity index (χ0v) is 23.8. The van der Waals surface area contributed by atoms with Crippen molar-refractivity contribution < 1.29 is 0 Å². The molecule has 1 nitrogen and oxygen atoms in total. The zero-order chi connectivity index (χ0) is 27.9. The van der Waals surface area contributed by atoms with Crippen LogP contribution >= 0.6 is 11.3 Å². The van der Waals surface area contributed by atoms with Crippen molar-refractivity contribution in [3.8, 4) is 22.3 Å². The molecule has 0 saturated heterocycles. The Kier molecular flexibility index (Phi) is 6.05. The molecule has 0 amide bonds. The van der Waals surface area contributed by atoms with Crippen LogP contribution in [-0.4, -0.2) is 0 Å². The van der Waals surface area contributed by atoms with Gasteiger partial charge in [-0.1, -0.05) is 115 Å². The lowest BCUT2D eigenvalue weighted by atomic mass is 9.99. The second kappa shape index (κ2) is 10.3. The predicted octanol–water partition coefficient (Wildman–Crippen LogP) is 12.0. The minimum atomic E-state index is 1.12. The molecule has 0 saturated carbocycles. The molecule has 0 spiro atoms. The van der Waals surface area contributed by atoms with Gasteiger partial charge >= 0.3 is 0 Å². The van der Waals surface area contributed by atoms with Gasteiger partial charge < -0.3 is 4.90 Å². The number of hydrogen-bond donors (Lipinski definition) is 0. The number of rotatable bonds is 5. The van der Waals surface area contributed by atoms with E-state index in [0.717, 1.165) is 17.1 Å². The van der Waals surface area contributed by atoms with E-state index in [1.807, 2.05) is 11.3 Å². The number of hydrogen-bond acceptors (Lipinski definition) is 2. The summed E-state index contributed by atoms with van der Waals surface area (Å²) in [6.45, 7) is 0. The van der Waals surface area contributed by atoms with Crippen LogP contribution in [0.1, 0.15) is 0 Å². The van der Waals surface area contributed by atoms with Crippen LogP contribution in [0.5, 0.6) is 0 Å². The van der Waals surface area contributed by atoms with E-state index in [9.17, 15) is 0 Å². The first kappa shape index (κ1) is 24.6. The Labute approximate surface area is 249 Å². The standard InChI is InChI=1S/C40H27NS/c1-2-10-28(11-3-1)30-18-22-33(23-19-30)41(34-24-20-29-12-4-5-13-31(29)26-34)38-16-8-6-14-35(38)32-21-25-40-37(27-32)36-15-7-9-17-39(36)42-40/h1-27H. The molecule has 1 heterocycles. The van der Waals surface area contributed by atoms with Gasteiger partial charge in [0, 0.05) is 37.1 Å². The third-order valence-electron chi connectivity index (χ3n) is 8.06. The van der Waals surface area contributed by atoms with Crippen LogP contribution in [0.25, 0.3) is 53.2 Å². The van der Waals surface area contributed by atoms with Gasteiger partial charge in [-0.05, 0) is 76.0 Å². The van der Waals surface area contributed by atoms with E-state index in [1.54, 1.807) is 0 Å². The number of fused-ring (bicyclic) bond motifs is 4. The second-order valence-corrected chi connectivity index (χ2v) is 11.7. The van der Waals surface area contributed by atoms with Crippen LogP contribution in [0.4, 0.5) is 17.1 Å². The van der Waals surface area contributed by atoms with E-state index in [2.05, 4.69) is 169 Å². The van der Waals surface area contributed by atoms with Crippen LogP contribution in [0.2, 0.25) is 0 Å². The monoisotopic (exact) mass is 553 g/mol. The lowest BCUT2D eigenvalue weighted by Crippen LogP contribution is -2.11. The van der Waals surface area contributed by atoms with Crippen molar-refractivity contribution in [2.75, 3.05) is 4.90 Å². The quantitative estimate of drug-likeness (QED) is 0.205. The Morgan fingerprint density at radius 3 is 1.90 bits per heavy atom. The number of para-hydroxylation sites is 1. The minimum absolute atomic E-state index is 1.12. The van der Waals surface area contributed by atoms with Gasteiger partial charge in [-0.3, -0.25) is 0 Å². The van der Waals surface area contributed by atoms with Crippen molar-refractivity contribution in [3.05, 3.63) is 164 Å². The van der Waals surface area contributed by atoms with Gasteiger partial charge in [0.05, 0.1) is 5.69 Å². The van der Waals surface area contributed by atoms with Crippen molar-refractivity contribution in [1.29, 1.82) is 0 Å². The highest BCUT2D eigenvalue weighted by molar-refractivity contribution is 7.25. The SMILES string of the molecule is c1ccc(-c2ccc(N(c3ccc4ccccc4c3)c3ccccc3-c3ccc4sc5ccccc5c4c3)cc2)cc1. The second-order valence-electron chi connectivity index (χ2n) is 10.6. The number of anilines is 3. The first-order valence-corrected chi connectivity index (χ1v) is 15.1. The zero-order valence-electron chi connectivity index (χ0n) is 22.9. The molecular formula is C40H27NS. The Morgan fingerprint density at radius 1 is 0.381 bits per heavy atom. The fraction of sp³-hybridized carbons (Fsp3) is 0. The van der Waals surface area contributed by atoms with E-state index in [1.165, 1.54) is 53.2 Å². The van der Waals surface area contributed by atoms with Gasteiger partial charge in [0.1, 0.15) is 0 Å². The van der Waals surface area contributed by atoms with E-state index in [4.69, 9.17) is 0 Å². The van der Waals surface area contributed by atoms with Gasteiger partial charge in [-0.2, -0.15) is 0 Å². The molecule has 0 aliphatic heterocycles. The predicted molar refractivity (Wildman–Crippen MR) is 182 cm³/mol. The van der Waals surface area contributed by atoms with Gasteiger partial charge in [0.25, 0.3) is 0 Å². The molecule has 8 rings (SSSR count). The first-order valence-electron chi connectivity index (χ1n) is 14.3. The summed E-state index contributed by atoms with van der Waals surface area (Å²) in [6.07, 6.45) is 0. The molecule has 1 aromatic heterocycles. The van der Waals surface area contributed by atoms with Crippen molar-refractivity contribution in [3.63, 3.8) is 0 Å². The fourth-order valence-corrected chi connectivity index (χ4v) is 7.07. The fourth-order valence-electron chi connectivity index (χ4n) is 5.98. The minimum Gasteiger partial charge on any atom is -0.310 e. The highest BCUT2D eigenvalue weighted by Crippen LogP contribution is 2.43. The molecule has 7 aromatic carbocycles. The summed E-state index contributed by atoms with van der Waals surface area (Å²) in [5.74, 6) is 0. The maximum absolute atomic E-state index is 2.40. The van der Waals surface area contributed by atoms with Gasteiger partial charge in [-0.25, -0.2) is 0 Å². The normalized spacial score (nSPS) is 11.3. The van der Waals surface area contributed by atoms with E-state index in [-0.39, 0.29) is 0 Å². The highest BCUT2D eigenvalue weighted by atomic mass is 32.1. The van der Waals surface area contributed by atoms with Gasteiger partial charge in [0.15, 0.2) is 0 Å². The lowest BCUT2D eigenvalue weighted by molar-refractivity contribution is 1.29. The largest absolute Gasteiger partial charge is 0.310 e. The van der Waals surface area contributed by atoms with Crippen LogP contribution in [0, 0.1) is 0 Å². The molecule has 0 N–H and O–H groups in total. The molecule has 0 aliphatic rings. The van der Waals surface area contributed by atoms with E-state index >= 15 is 0 Å². The summed E-state index contributed by atoms with van der Waals surface area (Å²) in [6, 6.07) is 59.2. The molecule has 0 bridgehead atoms. The Morgan fingerprint density at radius 2 is 1.02 bits per heavy atom. The third-order valence-corrected chi connectivity index (χ3v) is 9.21. The summed E-state index contributed by atoms with van der Waals surface area (Å²) >= 11 is 1.86. The van der Waals surface area contributed by atoms with E-state index in [0.29, 0.717) is 0 Å². The van der Waals surface area contributed by atoms with Crippen LogP contribution in [-0.2, 0) is 0 Å². The molecule has 42 heavy (non-hydrogen) atoms. The summed E-state index contributed by atoms with van der Waals surface area (Å²) < 4.78 is 2.65. The molecule has 198 valence electrons. The summed E-state index contributed by atoms with van der Waals surface area (Å²) in [4.78, 5) is 2.40. The Hall–Kier alpha value is -5.18. The number of nitrogens with zero attached hydrogens (tertiary/aromatic N) is 1. The molecule has 0 unspecified atom stereocenters. The molecule has 8 aromatic rings. The van der Waals surface area contributed by atoms with Gasteiger partial charge in [0.2, 0.25) is 0 Å².